The maximum atomic E-state index is 11.6. The molecule has 3 amide bonds. The zero-order chi connectivity index (χ0) is 12.6. The molecule has 1 aliphatic rings. The number of nitrogens with one attached hydrogen (secondary N) is 1. The third-order valence-electron chi connectivity index (χ3n) is 2.11. The average Bonchev–Trinajstić information content (AvgIpc) is 2.36. The lowest BCUT2D eigenvalue weighted by atomic mass is 10.2. The summed E-state index contributed by atoms with van der Waals surface area (Å²) >= 11 is 0. The molecule has 0 saturated carbocycles. The SMILES string of the molecule is CC(=O)C1C(=O)N(C(C)=O)N(C(C)=O)[NH+]1[O-]. The number of nitrogens with zero attached hydrogens (tertiary/aromatic N) is 2. The Morgan fingerprint density at radius 2 is 1.69 bits per heavy atom. The molecule has 1 fully saturated rings. The quantitative estimate of drug-likeness (QED) is 0.392. The van der Waals surface area contributed by atoms with Crippen LogP contribution in [0.25, 0.3) is 0 Å². The van der Waals surface area contributed by atoms with Crippen LogP contribution < -0.4 is 5.17 Å². The molecule has 2 atom stereocenters. The highest BCUT2D eigenvalue weighted by Crippen LogP contribution is 2.06. The lowest BCUT2D eigenvalue weighted by Crippen LogP contribution is -3.17. The van der Waals surface area contributed by atoms with Gasteiger partial charge in [-0.1, -0.05) is 5.12 Å². The van der Waals surface area contributed by atoms with Gasteiger partial charge in [0.15, 0.2) is 5.78 Å². The largest absolute Gasteiger partial charge is 0.605 e. The van der Waals surface area contributed by atoms with Gasteiger partial charge in [0.25, 0.3) is 11.9 Å². The van der Waals surface area contributed by atoms with Crippen LogP contribution in [0.15, 0.2) is 0 Å². The Bertz CT molecular complexity index is 380. The fraction of sp³-hybridized carbons (Fsp3) is 0.500. The van der Waals surface area contributed by atoms with Crippen LogP contribution in [0.2, 0.25) is 0 Å². The Hall–Kier alpha value is -1.80. The van der Waals surface area contributed by atoms with Gasteiger partial charge in [-0.15, -0.1) is 5.01 Å². The summed E-state index contributed by atoms with van der Waals surface area (Å²) in [5.74, 6) is -3.22. The van der Waals surface area contributed by atoms with Crippen LogP contribution in [0.1, 0.15) is 20.8 Å². The standard InChI is InChI=1S/C8H11N3O5/c1-4(12)7-8(15)9(5(2)13)10(6(3)14)11(7)16/h7,11H,1-3H3. The minimum absolute atomic E-state index is 0.400. The predicted octanol–water partition coefficient (Wildman–Crippen LogP) is -2.61. The number of Topliss-reactive ketones (excluding diaryl/α,β-unsaturated/α-hetero) is 1. The number of hydrogen-bond acceptors (Lipinski definition) is 5. The third-order valence-corrected chi connectivity index (χ3v) is 2.11. The average molecular weight is 229 g/mol. The molecule has 0 aromatic heterocycles. The molecule has 1 saturated heterocycles. The van der Waals surface area contributed by atoms with Crippen molar-refractivity contribution in [3.63, 3.8) is 0 Å². The molecule has 0 spiro atoms. The Kier molecular flexibility index (Phi) is 3.06. The number of carbonyl (C=O) groups is 4. The fourth-order valence-electron chi connectivity index (χ4n) is 1.49. The van der Waals surface area contributed by atoms with E-state index >= 15 is 0 Å². The summed E-state index contributed by atoms with van der Waals surface area (Å²) in [5, 5.41) is 11.4. The van der Waals surface area contributed by atoms with Crippen LogP contribution >= 0.6 is 0 Å². The van der Waals surface area contributed by atoms with E-state index in [4.69, 9.17) is 0 Å². The maximum Gasteiger partial charge on any atom is 0.321 e. The molecule has 0 radical (unpaired) electrons. The zero-order valence-electron chi connectivity index (χ0n) is 9.01. The van der Waals surface area contributed by atoms with Crippen molar-refractivity contribution in [1.82, 2.24) is 10.1 Å². The molecule has 8 nitrogen and oxygen atoms in total. The van der Waals surface area contributed by atoms with E-state index in [1.807, 2.05) is 0 Å². The molecule has 1 heterocycles. The molecule has 16 heavy (non-hydrogen) atoms. The number of rotatable bonds is 1. The van der Waals surface area contributed by atoms with E-state index in [0.717, 1.165) is 20.8 Å². The van der Waals surface area contributed by atoms with Gasteiger partial charge in [-0.05, 0) is 0 Å². The Balaban J connectivity index is 3.19. The second kappa shape index (κ2) is 3.99. The Morgan fingerprint density at radius 1 is 1.19 bits per heavy atom. The third kappa shape index (κ3) is 1.68. The first-order chi connectivity index (χ1) is 7.29. The van der Waals surface area contributed by atoms with E-state index in [-0.39, 0.29) is 0 Å². The topological polar surface area (TPSA) is 102 Å². The van der Waals surface area contributed by atoms with E-state index in [0.29, 0.717) is 10.1 Å². The van der Waals surface area contributed by atoms with Gasteiger partial charge in [-0.2, -0.15) is 0 Å². The van der Waals surface area contributed by atoms with E-state index in [2.05, 4.69) is 0 Å². The van der Waals surface area contributed by atoms with Crippen LogP contribution in [0.3, 0.4) is 0 Å². The van der Waals surface area contributed by atoms with Gasteiger partial charge in [0.1, 0.15) is 0 Å². The summed E-state index contributed by atoms with van der Waals surface area (Å²) in [7, 11) is 0. The summed E-state index contributed by atoms with van der Waals surface area (Å²) < 4.78 is 0. The van der Waals surface area contributed by atoms with Crippen molar-refractivity contribution in [2.24, 2.45) is 0 Å². The normalized spacial score (nSPS) is 24.9. The lowest BCUT2D eigenvalue weighted by Gasteiger charge is -2.28. The molecule has 0 aromatic rings. The van der Waals surface area contributed by atoms with Crippen molar-refractivity contribution in [1.29, 1.82) is 0 Å². The minimum Gasteiger partial charge on any atom is -0.605 e. The Labute approximate surface area is 90.9 Å². The summed E-state index contributed by atoms with van der Waals surface area (Å²) in [6.45, 7) is 3.12. The summed E-state index contributed by atoms with van der Waals surface area (Å²) in [6, 6.07) is -1.58. The van der Waals surface area contributed by atoms with Gasteiger partial charge in [0.2, 0.25) is 5.91 Å². The zero-order valence-corrected chi connectivity index (χ0v) is 9.01. The van der Waals surface area contributed by atoms with Crippen molar-refractivity contribution in [2.45, 2.75) is 26.8 Å². The smallest absolute Gasteiger partial charge is 0.321 e. The van der Waals surface area contributed by atoms with Gasteiger partial charge in [-0.3, -0.25) is 19.2 Å². The molecular formula is C8H11N3O5. The molecule has 0 bridgehead atoms. The number of imide groups is 1. The molecule has 0 aliphatic carbocycles. The molecule has 1 aliphatic heterocycles. The minimum atomic E-state index is -1.58. The highest BCUT2D eigenvalue weighted by molar-refractivity contribution is 6.09. The maximum absolute atomic E-state index is 11.6. The monoisotopic (exact) mass is 229 g/mol. The number of hydrogen-bond donors (Lipinski definition) is 1. The van der Waals surface area contributed by atoms with Crippen LogP contribution in [-0.4, -0.2) is 39.7 Å². The van der Waals surface area contributed by atoms with Gasteiger partial charge in [-0.25, -0.2) is 5.17 Å². The molecule has 8 heteroatoms. The van der Waals surface area contributed by atoms with Gasteiger partial charge in [0, 0.05) is 20.8 Å². The van der Waals surface area contributed by atoms with E-state index in [9.17, 15) is 24.4 Å². The highest BCUT2D eigenvalue weighted by atomic mass is 16.6. The predicted molar refractivity (Wildman–Crippen MR) is 48.8 cm³/mol. The van der Waals surface area contributed by atoms with Gasteiger partial charge < -0.3 is 5.21 Å². The summed E-state index contributed by atoms with van der Waals surface area (Å²) in [5.41, 5.74) is 0. The first-order valence-corrected chi connectivity index (χ1v) is 4.48. The van der Waals surface area contributed by atoms with Crippen LogP contribution in [-0.2, 0) is 19.2 Å². The van der Waals surface area contributed by atoms with Crippen molar-refractivity contribution in [3.05, 3.63) is 5.21 Å². The second-order valence-corrected chi connectivity index (χ2v) is 3.38. The molecule has 1 N–H and O–H groups in total. The van der Waals surface area contributed by atoms with Crippen molar-refractivity contribution >= 4 is 23.5 Å². The Morgan fingerprint density at radius 3 is 1.94 bits per heavy atom. The first kappa shape index (κ1) is 12.3. The van der Waals surface area contributed by atoms with Crippen LogP contribution in [0.5, 0.6) is 0 Å². The number of amides is 3. The molecule has 1 rings (SSSR count). The second-order valence-electron chi connectivity index (χ2n) is 3.38. The molecule has 88 valence electrons. The van der Waals surface area contributed by atoms with E-state index in [1.54, 1.807) is 0 Å². The fourth-order valence-corrected chi connectivity index (χ4v) is 1.49. The molecule has 0 aromatic carbocycles. The van der Waals surface area contributed by atoms with E-state index < -0.39 is 34.7 Å². The van der Waals surface area contributed by atoms with Crippen molar-refractivity contribution in [2.75, 3.05) is 0 Å². The van der Waals surface area contributed by atoms with Gasteiger partial charge >= 0.3 is 5.91 Å². The summed E-state index contributed by atoms with van der Waals surface area (Å²) in [6.07, 6.45) is 0. The number of ketones is 1. The number of hydroxylamine groups is 1. The van der Waals surface area contributed by atoms with Crippen LogP contribution in [0.4, 0.5) is 0 Å². The van der Waals surface area contributed by atoms with Gasteiger partial charge in [0.05, 0.1) is 0 Å². The first-order valence-electron chi connectivity index (χ1n) is 4.48. The number of hydrazine groups is 1. The van der Waals surface area contributed by atoms with E-state index in [1.165, 1.54) is 0 Å². The molecular weight excluding hydrogens is 218 g/mol. The summed E-state index contributed by atoms with van der Waals surface area (Å²) in [4.78, 5) is 44.9. The van der Waals surface area contributed by atoms with Crippen molar-refractivity contribution < 1.29 is 24.4 Å². The van der Waals surface area contributed by atoms with Crippen molar-refractivity contribution in [3.8, 4) is 0 Å². The highest BCUT2D eigenvalue weighted by Gasteiger charge is 2.51. The van der Waals surface area contributed by atoms with Crippen LogP contribution in [0, 0.1) is 5.21 Å². The lowest BCUT2D eigenvalue weighted by molar-refractivity contribution is -0.967. The number of carbonyl (C=O) groups excluding carboxylic acids is 4. The number of quaternary nitrogens is 1. The molecule has 2 unspecified atom stereocenters.